The van der Waals surface area contributed by atoms with Crippen molar-refractivity contribution in [2.45, 2.75) is 24.3 Å². The minimum atomic E-state index is 0.287. The zero-order valence-electron chi connectivity index (χ0n) is 7.34. The number of hydrogen-bond donors (Lipinski definition) is 0. The van der Waals surface area contributed by atoms with Crippen molar-refractivity contribution in [1.82, 2.24) is 0 Å². The van der Waals surface area contributed by atoms with Crippen molar-refractivity contribution < 1.29 is 4.74 Å². The average molecular weight is 340 g/mol. The van der Waals surface area contributed by atoms with E-state index in [9.17, 15) is 0 Å². The Kier molecular flexibility index (Phi) is 3.40. The van der Waals surface area contributed by atoms with E-state index in [1.54, 1.807) is 0 Å². The molecule has 4 heteroatoms. The minimum absolute atomic E-state index is 0.287. The Hall–Kier alpha value is 0.270. The van der Waals surface area contributed by atoms with Crippen LogP contribution in [0, 0.1) is 0 Å². The van der Waals surface area contributed by atoms with Crippen molar-refractivity contribution in [3.8, 4) is 5.75 Å². The van der Waals surface area contributed by atoms with Crippen molar-refractivity contribution in [3.05, 3.63) is 27.1 Å². The first-order chi connectivity index (χ1) is 6.65. The fraction of sp³-hybridized carbons (Fsp3) is 0.400. The highest BCUT2D eigenvalue weighted by Gasteiger charge is 2.29. The summed E-state index contributed by atoms with van der Waals surface area (Å²) in [5.74, 6) is 0.891. The van der Waals surface area contributed by atoms with Gasteiger partial charge in [-0.2, -0.15) is 0 Å². The van der Waals surface area contributed by atoms with Crippen LogP contribution >= 0.6 is 43.5 Å². The largest absolute Gasteiger partial charge is 0.489 e. The number of rotatable bonds is 2. The molecule has 0 unspecified atom stereocenters. The summed E-state index contributed by atoms with van der Waals surface area (Å²) in [5.41, 5.74) is 0. The van der Waals surface area contributed by atoms with Gasteiger partial charge in [0.05, 0.1) is 4.47 Å². The summed E-state index contributed by atoms with van der Waals surface area (Å²) in [5, 5.41) is 0.300. The topological polar surface area (TPSA) is 9.23 Å². The second-order valence-corrected chi connectivity index (χ2v) is 5.77. The number of alkyl halides is 1. The lowest BCUT2D eigenvalue weighted by molar-refractivity contribution is 0.123. The molecule has 1 saturated carbocycles. The first kappa shape index (κ1) is 10.8. The molecule has 0 heterocycles. The number of benzene rings is 1. The van der Waals surface area contributed by atoms with Crippen molar-refractivity contribution >= 4 is 43.5 Å². The summed E-state index contributed by atoms with van der Waals surface area (Å²) in [4.78, 5) is 0. The lowest BCUT2D eigenvalue weighted by atomic mass is 9.95. The average Bonchev–Trinajstić information content (AvgIpc) is 2.06. The summed E-state index contributed by atoms with van der Waals surface area (Å²) >= 11 is 12.7. The van der Waals surface area contributed by atoms with Crippen molar-refractivity contribution in [2.75, 3.05) is 0 Å². The smallest absolute Gasteiger partial charge is 0.133 e. The maximum Gasteiger partial charge on any atom is 0.133 e. The van der Waals surface area contributed by atoms with E-state index in [4.69, 9.17) is 16.3 Å². The van der Waals surface area contributed by atoms with E-state index in [0.29, 0.717) is 5.38 Å². The van der Waals surface area contributed by atoms with Gasteiger partial charge in [-0.1, -0.05) is 15.9 Å². The number of ether oxygens (including phenoxy) is 1. The van der Waals surface area contributed by atoms with Gasteiger partial charge < -0.3 is 4.74 Å². The zero-order chi connectivity index (χ0) is 10.1. The normalized spacial score (nSPS) is 25.6. The fourth-order valence-corrected chi connectivity index (χ4v) is 2.89. The van der Waals surface area contributed by atoms with E-state index in [0.717, 1.165) is 27.5 Å². The Morgan fingerprint density at radius 1 is 1.29 bits per heavy atom. The molecule has 1 aromatic rings. The Morgan fingerprint density at radius 2 is 2.00 bits per heavy atom. The molecular formula is C10H9Br2ClO. The van der Waals surface area contributed by atoms with Gasteiger partial charge in [0.1, 0.15) is 11.9 Å². The molecule has 0 aliphatic heterocycles. The molecular weight excluding hydrogens is 331 g/mol. The van der Waals surface area contributed by atoms with Crippen molar-refractivity contribution in [2.24, 2.45) is 0 Å². The predicted molar refractivity (Wildman–Crippen MR) is 65.1 cm³/mol. The van der Waals surface area contributed by atoms with Crippen LogP contribution in [0.1, 0.15) is 12.8 Å². The van der Waals surface area contributed by atoms with E-state index in [-0.39, 0.29) is 6.10 Å². The molecule has 76 valence electrons. The monoisotopic (exact) mass is 338 g/mol. The lowest BCUT2D eigenvalue weighted by Crippen LogP contribution is -2.34. The highest BCUT2D eigenvalue weighted by atomic mass is 79.9. The third-order valence-corrected chi connectivity index (χ3v) is 3.69. The van der Waals surface area contributed by atoms with Crippen LogP contribution in [0.5, 0.6) is 5.75 Å². The molecule has 0 bridgehead atoms. The van der Waals surface area contributed by atoms with E-state index < -0.39 is 0 Å². The van der Waals surface area contributed by atoms with Gasteiger partial charge in [-0.05, 0) is 34.1 Å². The van der Waals surface area contributed by atoms with Gasteiger partial charge in [0.15, 0.2) is 0 Å². The summed E-state index contributed by atoms with van der Waals surface area (Å²) < 4.78 is 7.77. The molecule has 1 aliphatic rings. The second kappa shape index (κ2) is 4.42. The molecule has 1 aromatic carbocycles. The Morgan fingerprint density at radius 3 is 2.57 bits per heavy atom. The standard InChI is InChI=1S/C10H9Br2ClO/c11-6-1-2-10(9(12)3-6)14-8-4-7(13)5-8/h1-3,7-8H,4-5H2. The van der Waals surface area contributed by atoms with Crippen LogP contribution < -0.4 is 4.74 Å². The van der Waals surface area contributed by atoms with Crippen molar-refractivity contribution in [1.29, 1.82) is 0 Å². The van der Waals surface area contributed by atoms with Gasteiger partial charge in [-0.3, -0.25) is 0 Å². The Labute approximate surface area is 105 Å². The highest BCUT2D eigenvalue weighted by molar-refractivity contribution is 9.11. The van der Waals surface area contributed by atoms with E-state index in [1.165, 1.54) is 0 Å². The van der Waals surface area contributed by atoms with Crippen molar-refractivity contribution in [3.63, 3.8) is 0 Å². The van der Waals surface area contributed by atoms with Gasteiger partial charge in [0, 0.05) is 22.7 Å². The first-order valence-electron chi connectivity index (χ1n) is 4.41. The van der Waals surface area contributed by atoms with Gasteiger partial charge in [-0.15, -0.1) is 11.6 Å². The maximum atomic E-state index is 5.88. The van der Waals surface area contributed by atoms with Gasteiger partial charge in [-0.25, -0.2) is 0 Å². The van der Waals surface area contributed by atoms with E-state index >= 15 is 0 Å². The Balaban J connectivity index is 2.02. The van der Waals surface area contributed by atoms with Gasteiger partial charge in [0.25, 0.3) is 0 Å². The molecule has 1 nitrogen and oxygen atoms in total. The predicted octanol–water partition coefficient (Wildman–Crippen LogP) is 4.36. The molecule has 0 radical (unpaired) electrons. The minimum Gasteiger partial charge on any atom is -0.489 e. The fourth-order valence-electron chi connectivity index (χ4n) is 1.35. The molecule has 0 saturated heterocycles. The highest BCUT2D eigenvalue weighted by Crippen LogP contribution is 2.34. The SMILES string of the molecule is ClC1CC(Oc2ccc(Br)cc2Br)C1. The van der Waals surface area contributed by atoms with Crippen LogP contribution in [0.15, 0.2) is 27.1 Å². The summed E-state index contributed by atoms with van der Waals surface area (Å²) in [6.07, 6.45) is 2.18. The molecule has 0 spiro atoms. The summed E-state index contributed by atoms with van der Waals surface area (Å²) in [6.45, 7) is 0. The lowest BCUT2D eigenvalue weighted by Gasteiger charge is -2.31. The van der Waals surface area contributed by atoms with Crippen LogP contribution in [-0.2, 0) is 0 Å². The molecule has 1 fully saturated rings. The maximum absolute atomic E-state index is 5.88. The van der Waals surface area contributed by atoms with Gasteiger partial charge in [0.2, 0.25) is 0 Å². The van der Waals surface area contributed by atoms with E-state index in [2.05, 4.69) is 31.9 Å². The third kappa shape index (κ3) is 2.44. The molecule has 0 atom stereocenters. The first-order valence-corrected chi connectivity index (χ1v) is 6.43. The summed E-state index contributed by atoms with van der Waals surface area (Å²) in [7, 11) is 0. The van der Waals surface area contributed by atoms with Crippen LogP contribution in [-0.4, -0.2) is 11.5 Å². The zero-order valence-corrected chi connectivity index (χ0v) is 11.3. The van der Waals surface area contributed by atoms with Crippen LogP contribution in [0.25, 0.3) is 0 Å². The Bertz CT molecular complexity index is 337. The third-order valence-electron chi connectivity index (χ3n) is 2.22. The van der Waals surface area contributed by atoms with Gasteiger partial charge >= 0.3 is 0 Å². The molecule has 0 N–H and O–H groups in total. The second-order valence-electron chi connectivity index (χ2n) is 3.38. The molecule has 0 aromatic heterocycles. The van der Waals surface area contributed by atoms with Crippen LogP contribution in [0.2, 0.25) is 0 Å². The molecule has 2 rings (SSSR count). The quantitative estimate of drug-likeness (QED) is 0.727. The molecule has 0 amide bonds. The summed E-state index contributed by atoms with van der Waals surface area (Å²) in [6, 6.07) is 5.90. The number of hydrogen-bond acceptors (Lipinski definition) is 1. The molecule has 1 aliphatic carbocycles. The van der Waals surface area contributed by atoms with Crippen LogP contribution in [0.4, 0.5) is 0 Å². The van der Waals surface area contributed by atoms with Crippen LogP contribution in [0.3, 0.4) is 0 Å². The van der Waals surface area contributed by atoms with E-state index in [1.807, 2.05) is 18.2 Å². The molecule has 14 heavy (non-hydrogen) atoms. The number of halogens is 3.